The molecule has 0 aromatic rings. The minimum Gasteiger partial charge on any atom is -0.417 e. The summed E-state index contributed by atoms with van der Waals surface area (Å²) in [6.45, 7) is 14.2. The first-order valence-corrected chi connectivity index (χ1v) is 9.05. The predicted octanol–water partition coefficient (Wildman–Crippen LogP) is 2.32. The van der Waals surface area contributed by atoms with Crippen LogP contribution in [0.15, 0.2) is 0 Å². The number of hydrogen-bond acceptors (Lipinski definition) is 3. The van der Waals surface area contributed by atoms with Crippen LogP contribution in [0.1, 0.15) is 27.2 Å². The molecule has 0 rings (SSSR count). The molecular weight excluding hydrogens is 218 g/mol. The smallest absolute Gasteiger partial charge is 0.191 e. The standard InChI is InChI=1S/C12H29NO2Si/c1-12(2,3)16(5,6)15-11-7-8-13(4)9-10-14/h14H,7-11H2,1-6H3. The van der Waals surface area contributed by atoms with Gasteiger partial charge in [-0.3, -0.25) is 0 Å². The van der Waals surface area contributed by atoms with E-state index in [0.717, 1.165) is 26.1 Å². The maximum atomic E-state index is 8.76. The quantitative estimate of drug-likeness (QED) is 0.553. The van der Waals surface area contributed by atoms with Crippen molar-refractivity contribution in [3.8, 4) is 0 Å². The fourth-order valence-electron chi connectivity index (χ4n) is 1.16. The van der Waals surface area contributed by atoms with Gasteiger partial charge in [0.25, 0.3) is 0 Å². The molecule has 0 saturated carbocycles. The molecule has 0 aliphatic carbocycles. The zero-order chi connectivity index (χ0) is 12.8. The van der Waals surface area contributed by atoms with Crippen molar-refractivity contribution >= 4 is 8.32 Å². The molecule has 98 valence electrons. The Hall–Kier alpha value is 0.0969. The lowest BCUT2D eigenvalue weighted by molar-refractivity contribution is 0.203. The fourth-order valence-corrected chi connectivity index (χ4v) is 2.25. The van der Waals surface area contributed by atoms with E-state index in [-0.39, 0.29) is 6.61 Å². The van der Waals surface area contributed by atoms with Gasteiger partial charge in [-0.05, 0) is 31.6 Å². The Balaban J connectivity index is 3.74. The largest absolute Gasteiger partial charge is 0.417 e. The molecule has 0 heterocycles. The van der Waals surface area contributed by atoms with Crippen molar-refractivity contribution in [3.63, 3.8) is 0 Å². The van der Waals surface area contributed by atoms with E-state index >= 15 is 0 Å². The Bertz CT molecular complexity index is 190. The molecule has 16 heavy (non-hydrogen) atoms. The summed E-state index contributed by atoms with van der Waals surface area (Å²) in [7, 11) is 0.467. The molecule has 0 atom stereocenters. The van der Waals surface area contributed by atoms with E-state index in [0.29, 0.717) is 5.04 Å². The van der Waals surface area contributed by atoms with E-state index in [4.69, 9.17) is 9.53 Å². The molecule has 0 spiro atoms. The first kappa shape index (κ1) is 16.1. The number of aliphatic hydroxyl groups is 1. The van der Waals surface area contributed by atoms with E-state index in [2.05, 4.69) is 38.8 Å². The van der Waals surface area contributed by atoms with Gasteiger partial charge < -0.3 is 14.4 Å². The third-order valence-electron chi connectivity index (χ3n) is 3.43. The Morgan fingerprint density at radius 2 is 1.75 bits per heavy atom. The second-order valence-corrected chi connectivity index (χ2v) is 10.8. The highest BCUT2D eigenvalue weighted by atomic mass is 28.4. The lowest BCUT2D eigenvalue weighted by Crippen LogP contribution is -2.41. The molecule has 0 fully saturated rings. The van der Waals surface area contributed by atoms with Crippen molar-refractivity contribution < 1.29 is 9.53 Å². The Morgan fingerprint density at radius 3 is 2.19 bits per heavy atom. The van der Waals surface area contributed by atoms with Crippen LogP contribution in [0.2, 0.25) is 18.1 Å². The molecule has 0 radical (unpaired) electrons. The molecule has 0 aromatic carbocycles. The summed E-state index contributed by atoms with van der Waals surface area (Å²) in [6.07, 6.45) is 1.04. The average molecular weight is 247 g/mol. The number of likely N-dealkylation sites (N-methyl/N-ethyl adjacent to an activating group) is 1. The molecule has 0 aromatic heterocycles. The third-order valence-corrected chi connectivity index (χ3v) is 7.97. The summed E-state index contributed by atoms with van der Waals surface area (Å²) < 4.78 is 6.07. The Kier molecular flexibility index (Phi) is 6.78. The molecule has 3 nitrogen and oxygen atoms in total. The van der Waals surface area contributed by atoms with Crippen LogP contribution in [0.25, 0.3) is 0 Å². The average Bonchev–Trinajstić information content (AvgIpc) is 2.11. The summed E-state index contributed by atoms with van der Waals surface area (Å²) in [5.74, 6) is 0. The van der Waals surface area contributed by atoms with Gasteiger partial charge in [-0.25, -0.2) is 0 Å². The number of hydrogen-bond donors (Lipinski definition) is 1. The first-order chi connectivity index (χ1) is 7.20. The van der Waals surface area contributed by atoms with Gasteiger partial charge in [0.05, 0.1) is 6.61 Å². The van der Waals surface area contributed by atoms with Crippen LogP contribution >= 0.6 is 0 Å². The molecule has 1 N–H and O–H groups in total. The van der Waals surface area contributed by atoms with Gasteiger partial charge in [-0.2, -0.15) is 0 Å². The maximum absolute atomic E-state index is 8.76. The zero-order valence-electron chi connectivity index (χ0n) is 11.8. The lowest BCUT2D eigenvalue weighted by Gasteiger charge is -2.36. The van der Waals surface area contributed by atoms with E-state index in [9.17, 15) is 0 Å². The van der Waals surface area contributed by atoms with Gasteiger partial charge >= 0.3 is 0 Å². The Labute approximate surface area is 102 Å². The van der Waals surface area contributed by atoms with Crippen LogP contribution in [-0.2, 0) is 4.43 Å². The van der Waals surface area contributed by atoms with Gasteiger partial charge in [-0.15, -0.1) is 0 Å². The number of rotatable bonds is 7. The summed E-state index contributed by atoms with van der Waals surface area (Å²) in [5.41, 5.74) is 0. The molecule has 0 aliphatic heterocycles. The van der Waals surface area contributed by atoms with Crippen molar-refractivity contribution in [2.45, 2.75) is 45.3 Å². The maximum Gasteiger partial charge on any atom is 0.191 e. The van der Waals surface area contributed by atoms with E-state index in [1.165, 1.54) is 0 Å². The normalized spacial score (nSPS) is 13.5. The SMILES string of the molecule is CN(CCO)CCCO[Si](C)(C)C(C)(C)C. The Morgan fingerprint density at radius 1 is 1.19 bits per heavy atom. The van der Waals surface area contributed by atoms with Crippen molar-refractivity contribution in [3.05, 3.63) is 0 Å². The van der Waals surface area contributed by atoms with E-state index in [1.54, 1.807) is 0 Å². The zero-order valence-corrected chi connectivity index (χ0v) is 12.8. The topological polar surface area (TPSA) is 32.7 Å². The van der Waals surface area contributed by atoms with Crippen LogP contribution in [0, 0.1) is 0 Å². The minimum atomic E-state index is -1.56. The molecule has 0 saturated heterocycles. The number of nitrogens with zero attached hydrogens (tertiary/aromatic N) is 1. The molecule has 0 amide bonds. The summed E-state index contributed by atoms with van der Waals surface area (Å²) in [5, 5.41) is 9.06. The first-order valence-electron chi connectivity index (χ1n) is 6.14. The number of aliphatic hydroxyl groups excluding tert-OH is 1. The van der Waals surface area contributed by atoms with E-state index < -0.39 is 8.32 Å². The van der Waals surface area contributed by atoms with Crippen LogP contribution in [0.5, 0.6) is 0 Å². The second kappa shape index (κ2) is 6.74. The second-order valence-electron chi connectivity index (χ2n) is 5.99. The van der Waals surface area contributed by atoms with Crippen molar-refractivity contribution in [1.82, 2.24) is 4.90 Å². The van der Waals surface area contributed by atoms with Gasteiger partial charge in [0.1, 0.15) is 0 Å². The molecule has 0 bridgehead atoms. The van der Waals surface area contributed by atoms with Gasteiger partial charge in [-0.1, -0.05) is 20.8 Å². The van der Waals surface area contributed by atoms with Gasteiger partial charge in [0.15, 0.2) is 8.32 Å². The van der Waals surface area contributed by atoms with Crippen LogP contribution in [0.3, 0.4) is 0 Å². The highest BCUT2D eigenvalue weighted by Crippen LogP contribution is 2.36. The summed E-state index contributed by atoms with van der Waals surface area (Å²) in [4.78, 5) is 2.13. The highest BCUT2D eigenvalue weighted by Gasteiger charge is 2.36. The van der Waals surface area contributed by atoms with Crippen LogP contribution in [0.4, 0.5) is 0 Å². The molecular formula is C12H29NO2Si. The van der Waals surface area contributed by atoms with E-state index in [1.807, 2.05) is 7.05 Å². The van der Waals surface area contributed by atoms with Gasteiger partial charge in [0.2, 0.25) is 0 Å². The summed E-state index contributed by atoms with van der Waals surface area (Å²) in [6, 6.07) is 0. The predicted molar refractivity (Wildman–Crippen MR) is 72.3 cm³/mol. The lowest BCUT2D eigenvalue weighted by atomic mass is 10.2. The molecule has 0 aliphatic rings. The minimum absolute atomic E-state index is 0.236. The van der Waals surface area contributed by atoms with Crippen molar-refractivity contribution in [2.75, 3.05) is 33.4 Å². The van der Waals surface area contributed by atoms with Crippen LogP contribution < -0.4 is 0 Å². The summed E-state index contributed by atoms with van der Waals surface area (Å²) >= 11 is 0. The van der Waals surface area contributed by atoms with Crippen molar-refractivity contribution in [2.24, 2.45) is 0 Å². The highest BCUT2D eigenvalue weighted by molar-refractivity contribution is 6.74. The monoisotopic (exact) mass is 247 g/mol. The molecule has 4 heteroatoms. The van der Waals surface area contributed by atoms with Crippen LogP contribution in [-0.4, -0.2) is 51.7 Å². The molecule has 0 unspecified atom stereocenters. The van der Waals surface area contributed by atoms with Crippen molar-refractivity contribution in [1.29, 1.82) is 0 Å². The fraction of sp³-hybridized carbons (Fsp3) is 1.00. The van der Waals surface area contributed by atoms with Gasteiger partial charge in [0, 0.05) is 19.7 Å². The third kappa shape index (κ3) is 5.99.